The number of hydrogen-bond acceptors (Lipinski definition) is 5. The number of benzene rings is 1. The summed E-state index contributed by atoms with van der Waals surface area (Å²) in [5.74, 6) is -0.987. The highest BCUT2D eigenvalue weighted by Gasteiger charge is 2.37. The Morgan fingerprint density at radius 2 is 1.87 bits per heavy atom. The molecule has 1 saturated heterocycles. The van der Waals surface area contributed by atoms with Crippen molar-refractivity contribution < 1.29 is 23.2 Å². The molecule has 0 aromatic heterocycles. The summed E-state index contributed by atoms with van der Waals surface area (Å²) < 4.78 is 26.6. The number of carbonyl (C=O) groups excluding carboxylic acids is 2. The number of anilines is 1. The number of carbonyl (C=O) groups is 2. The van der Waals surface area contributed by atoms with Gasteiger partial charge in [-0.25, -0.2) is 13.9 Å². The molecule has 0 spiro atoms. The normalized spacial score (nSPS) is 19.1. The van der Waals surface area contributed by atoms with E-state index in [0.717, 1.165) is 4.31 Å². The van der Waals surface area contributed by atoms with Gasteiger partial charge in [0.25, 0.3) is 5.91 Å². The van der Waals surface area contributed by atoms with Crippen LogP contribution in [-0.4, -0.2) is 42.3 Å². The summed E-state index contributed by atoms with van der Waals surface area (Å²) in [5.41, 5.74) is 2.01. The topological polar surface area (TPSA) is 116 Å². The van der Waals surface area contributed by atoms with Crippen LogP contribution in [0.1, 0.15) is 26.2 Å². The molecule has 1 heterocycles. The van der Waals surface area contributed by atoms with Crippen LogP contribution in [0.5, 0.6) is 0 Å². The predicted molar refractivity (Wildman–Crippen MR) is 82.2 cm³/mol. The van der Waals surface area contributed by atoms with Crippen molar-refractivity contribution in [2.24, 2.45) is 0 Å². The molecule has 2 amide bonds. The summed E-state index contributed by atoms with van der Waals surface area (Å²) in [6.45, 7) is 1.57. The van der Waals surface area contributed by atoms with Gasteiger partial charge in [0, 0.05) is 19.2 Å². The summed E-state index contributed by atoms with van der Waals surface area (Å²) in [7, 11) is -3.86. The van der Waals surface area contributed by atoms with Gasteiger partial charge in [-0.2, -0.15) is 4.31 Å². The molecule has 9 heteroatoms. The fraction of sp³-hybridized carbons (Fsp3) is 0.429. The molecule has 1 atom stereocenters. The molecule has 0 radical (unpaired) electrons. The first kappa shape index (κ1) is 17.4. The van der Waals surface area contributed by atoms with Gasteiger partial charge < -0.3 is 5.32 Å². The first-order chi connectivity index (χ1) is 10.9. The second-order valence-corrected chi connectivity index (χ2v) is 7.20. The molecule has 1 unspecified atom stereocenters. The molecule has 0 aliphatic carbocycles. The van der Waals surface area contributed by atoms with Gasteiger partial charge in [0.05, 0.1) is 4.90 Å². The zero-order chi connectivity index (χ0) is 17.0. The molecular weight excluding hydrogens is 322 g/mol. The molecule has 8 nitrogen and oxygen atoms in total. The smallest absolute Gasteiger partial charge is 0.261 e. The summed E-state index contributed by atoms with van der Waals surface area (Å²) in [4.78, 5) is 22.7. The van der Waals surface area contributed by atoms with Crippen LogP contribution in [0.3, 0.4) is 0 Å². The van der Waals surface area contributed by atoms with Crippen LogP contribution >= 0.6 is 0 Å². The molecule has 2 rings (SSSR count). The Labute approximate surface area is 134 Å². The number of rotatable bonds is 4. The SMILES string of the molecule is CC(=O)Nc1ccc(S(=O)(=O)N2CCCCC2C(=O)NO)cc1. The van der Waals surface area contributed by atoms with Gasteiger partial charge in [0.1, 0.15) is 6.04 Å². The van der Waals surface area contributed by atoms with Crippen molar-refractivity contribution in [2.75, 3.05) is 11.9 Å². The number of amides is 2. The highest BCUT2D eigenvalue weighted by Crippen LogP contribution is 2.26. The number of hydroxylamine groups is 1. The number of sulfonamides is 1. The average molecular weight is 341 g/mol. The first-order valence-corrected chi connectivity index (χ1v) is 8.63. The lowest BCUT2D eigenvalue weighted by Crippen LogP contribution is -2.51. The lowest BCUT2D eigenvalue weighted by Gasteiger charge is -2.33. The maximum atomic E-state index is 12.7. The molecule has 0 bridgehead atoms. The highest BCUT2D eigenvalue weighted by molar-refractivity contribution is 7.89. The van der Waals surface area contributed by atoms with Crippen LogP contribution in [0.2, 0.25) is 0 Å². The van der Waals surface area contributed by atoms with Crippen molar-refractivity contribution in [1.29, 1.82) is 0 Å². The fourth-order valence-electron chi connectivity index (χ4n) is 2.58. The largest absolute Gasteiger partial charge is 0.326 e. The lowest BCUT2D eigenvalue weighted by molar-refractivity contribution is -0.134. The molecule has 1 aromatic rings. The van der Waals surface area contributed by atoms with E-state index >= 15 is 0 Å². The fourth-order valence-corrected chi connectivity index (χ4v) is 4.23. The zero-order valence-electron chi connectivity index (χ0n) is 12.7. The van der Waals surface area contributed by atoms with Crippen molar-refractivity contribution in [2.45, 2.75) is 37.1 Å². The molecular formula is C14H19N3O5S. The molecule has 3 N–H and O–H groups in total. The van der Waals surface area contributed by atoms with Crippen molar-refractivity contribution in [3.8, 4) is 0 Å². The van der Waals surface area contributed by atoms with Gasteiger partial charge in [-0.3, -0.25) is 14.8 Å². The molecule has 1 aliphatic heterocycles. The van der Waals surface area contributed by atoms with Crippen molar-refractivity contribution in [3.63, 3.8) is 0 Å². The molecule has 1 aliphatic rings. The molecule has 1 aromatic carbocycles. The molecule has 1 fully saturated rings. The Balaban J connectivity index is 2.28. The van der Waals surface area contributed by atoms with E-state index in [-0.39, 0.29) is 17.3 Å². The van der Waals surface area contributed by atoms with E-state index < -0.39 is 22.0 Å². The van der Waals surface area contributed by atoms with E-state index in [2.05, 4.69) is 5.32 Å². The van der Waals surface area contributed by atoms with E-state index in [1.807, 2.05) is 0 Å². The number of nitrogens with one attached hydrogen (secondary N) is 2. The van der Waals surface area contributed by atoms with Crippen molar-refractivity contribution >= 4 is 27.5 Å². The molecule has 0 saturated carbocycles. The quantitative estimate of drug-likeness (QED) is 0.550. The maximum Gasteiger partial charge on any atom is 0.261 e. The summed E-state index contributed by atoms with van der Waals surface area (Å²) in [6, 6.07) is 4.80. The number of piperidine rings is 1. The molecule has 23 heavy (non-hydrogen) atoms. The van der Waals surface area contributed by atoms with Crippen molar-refractivity contribution in [1.82, 2.24) is 9.79 Å². The second-order valence-electron chi connectivity index (χ2n) is 5.31. The van der Waals surface area contributed by atoms with Crippen LogP contribution in [0.15, 0.2) is 29.2 Å². The van der Waals surface area contributed by atoms with Crippen LogP contribution in [-0.2, 0) is 19.6 Å². The van der Waals surface area contributed by atoms with Crippen molar-refractivity contribution in [3.05, 3.63) is 24.3 Å². The maximum absolute atomic E-state index is 12.7. The Kier molecular flexibility index (Phi) is 5.34. The van der Waals surface area contributed by atoms with Gasteiger partial charge in [-0.05, 0) is 37.1 Å². The minimum atomic E-state index is -3.86. The van der Waals surface area contributed by atoms with Gasteiger partial charge in [-0.15, -0.1) is 0 Å². The average Bonchev–Trinajstić information content (AvgIpc) is 2.54. The van der Waals surface area contributed by atoms with E-state index in [1.165, 1.54) is 36.7 Å². The van der Waals surface area contributed by atoms with E-state index in [0.29, 0.717) is 24.9 Å². The minimum absolute atomic E-state index is 0.0317. The monoisotopic (exact) mass is 341 g/mol. The Hall–Kier alpha value is -1.97. The van der Waals surface area contributed by atoms with Gasteiger partial charge in [0.15, 0.2) is 0 Å². The lowest BCUT2D eigenvalue weighted by atomic mass is 10.0. The van der Waals surface area contributed by atoms with Crippen LogP contribution in [0, 0.1) is 0 Å². The van der Waals surface area contributed by atoms with E-state index in [4.69, 9.17) is 5.21 Å². The number of nitrogens with zero attached hydrogens (tertiary/aromatic N) is 1. The Morgan fingerprint density at radius 1 is 1.22 bits per heavy atom. The van der Waals surface area contributed by atoms with Crippen LogP contribution in [0.25, 0.3) is 0 Å². The van der Waals surface area contributed by atoms with Gasteiger partial charge in [0.2, 0.25) is 15.9 Å². The number of hydrogen-bond donors (Lipinski definition) is 3. The van der Waals surface area contributed by atoms with Crippen LogP contribution in [0.4, 0.5) is 5.69 Å². The summed E-state index contributed by atoms with van der Waals surface area (Å²) in [5, 5.41) is 11.4. The Bertz CT molecular complexity index is 687. The van der Waals surface area contributed by atoms with Gasteiger partial charge >= 0.3 is 0 Å². The van der Waals surface area contributed by atoms with Gasteiger partial charge in [-0.1, -0.05) is 6.42 Å². The van der Waals surface area contributed by atoms with E-state index in [9.17, 15) is 18.0 Å². The standard InChI is InChI=1S/C14H19N3O5S/c1-10(18)15-11-5-7-12(8-6-11)23(21,22)17-9-3-2-4-13(17)14(19)16-20/h5-8,13,20H,2-4,9H2,1H3,(H,15,18)(H,16,19). The summed E-state index contributed by atoms with van der Waals surface area (Å²) in [6.07, 6.45) is 1.72. The highest BCUT2D eigenvalue weighted by atomic mass is 32.2. The zero-order valence-corrected chi connectivity index (χ0v) is 13.5. The summed E-state index contributed by atoms with van der Waals surface area (Å²) >= 11 is 0. The predicted octanol–water partition coefficient (Wildman–Crippen LogP) is 0.694. The second kappa shape index (κ2) is 7.07. The first-order valence-electron chi connectivity index (χ1n) is 7.19. The third-order valence-electron chi connectivity index (χ3n) is 3.65. The minimum Gasteiger partial charge on any atom is -0.326 e. The van der Waals surface area contributed by atoms with Crippen LogP contribution < -0.4 is 10.8 Å². The third-order valence-corrected chi connectivity index (χ3v) is 5.57. The Morgan fingerprint density at radius 3 is 2.43 bits per heavy atom. The van der Waals surface area contributed by atoms with E-state index in [1.54, 1.807) is 0 Å². The third kappa shape index (κ3) is 3.87. The molecule has 126 valence electrons.